The van der Waals surface area contributed by atoms with Gasteiger partial charge in [0.1, 0.15) is 17.1 Å². The molecule has 11 nitrogen and oxygen atoms in total. The molecule has 5 saturated carbocycles. The molecule has 5 aliphatic carbocycles. The number of amides is 5. The monoisotopic (exact) mass is 845 g/mol. The maximum Gasteiger partial charge on any atom is 0.322 e. The molecule has 8 rings (SSSR count). The molecular formula is C45H65Cl2N3O8. The van der Waals surface area contributed by atoms with E-state index in [1.54, 1.807) is 6.08 Å². The number of urea groups is 1. The molecule has 0 bridgehead atoms. The summed E-state index contributed by atoms with van der Waals surface area (Å²) in [5.41, 5.74) is 0.393. The number of nitrogens with one attached hydrogen (secondary N) is 3. The van der Waals surface area contributed by atoms with Crippen molar-refractivity contribution >= 4 is 64.3 Å². The van der Waals surface area contributed by atoms with Crippen LogP contribution in [0.2, 0.25) is 0 Å². The fourth-order valence-electron chi connectivity index (χ4n) is 7.95. The predicted molar refractivity (Wildman–Crippen MR) is 226 cm³/mol. The maximum absolute atomic E-state index is 11.3. The van der Waals surface area contributed by atoms with Crippen LogP contribution in [0.15, 0.2) is 43.0 Å². The number of rotatable bonds is 9. The van der Waals surface area contributed by atoms with Gasteiger partial charge in [0, 0.05) is 44.4 Å². The predicted octanol–water partition coefficient (Wildman–Crippen LogP) is 8.52. The summed E-state index contributed by atoms with van der Waals surface area (Å²) in [5.74, 6) is 3.56. The molecule has 322 valence electrons. The molecule has 1 aromatic carbocycles. The van der Waals surface area contributed by atoms with E-state index in [2.05, 4.69) is 50.2 Å². The topological polar surface area (TPSA) is 165 Å². The number of benzene rings is 1. The van der Waals surface area contributed by atoms with E-state index in [0.29, 0.717) is 49.5 Å². The lowest BCUT2D eigenvalue weighted by atomic mass is 9.60. The lowest BCUT2D eigenvalue weighted by molar-refractivity contribution is -0.135. The fourth-order valence-corrected chi connectivity index (χ4v) is 8.57. The lowest BCUT2D eigenvalue weighted by Gasteiger charge is -2.41. The van der Waals surface area contributed by atoms with Crippen molar-refractivity contribution in [1.82, 2.24) is 16.0 Å². The van der Waals surface area contributed by atoms with Crippen LogP contribution >= 0.6 is 23.2 Å². The smallest absolute Gasteiger partial charge is 0.322 e. The Kier molecular flexibility index (Phi) is 19.3. The molecule has 1 atom stereocenters. The maximum atomic E-state index is 11.3. The third-order valence-corrected chi connectivity index (χ3v) is 13.5. The standard InChI is InChI=1S/C10H12O.C9H13NO2.C8H12N2O2.C6H8Cl2O.2C6H10O/c1-2-8-11-9-10-6-4-3-5-7-10;1-2-6-3-9(4-6)5-7(11)10-8(9)12;1-2-5-3-8(4-5)6(11)9-7(12)10-8;1-2-4-3-5(9)6(4,7)8;2*1-2-5-3-6(7)4-5/h2-7H,1,8-9H2;6H,2-5H2,1H3,(H,10,11,12);5H,2-4H2,1H3,(H2,9,10,11,12);4H,2-3H2,1H3;2*5H,2-4H2,1H3/t;;;4-;;/m...0../s1. The summed E-state index contributed by atoms with van der Waals surface area (Å²) in [7, 11) is 0. The molecule has 3 N–H and O–H groups in total. The van der Waals surface area contributed by atoms with Crippen LogP contribution in [0.5, 0.6) is 0 Å². The van der Waals surface area contributed by atoms with E-state index in [4.69, 9.17) is 27.9 Å². The highest BCUT2D eigenvalue weighted by molar-refractivity contribution is 6.60. The second kappa shape index (κ2) is 22.8. The quantitative estimate of drug-likeness (QED) is 0.0732. The summed E-state index contributed by atoms with van der Waals surface area (Å²) in [6, 6.07) is 9.76. The van der Waals surface area contributed by atoms with Gasteiger partial charge in [-0.15, -0.1) is 6.58 Å². The molecule has 2 heterocycles. The Morgan fingerprint density at radius 3 is 1.53 bits per heavy atom. The van der Waals surface area contributed by atoms with Gasteiger partial charge in [0.2, 0.25) is 11.8 Å². The first-order valence-electron chi connectivity index (χ1n) is 21.1. The molecule has 0 unspecified atom stereocenters. The van der Waals surface area contributed by atoms with E-state index >= 15 is 0 Å². The molecule has 2 saturated heterocycles. The largest absolute Gasteiger partial charge is 0.373 e. The zero-order valence-corrected chi connectivity index (χ0v) is 36.6. The Labute approximate surface area is 354 Å². The number of ketones is 3. The SMILES string of the molecule is C=CCOCc1ccccc1.CCC1CC(=O)C1.CCC1CC(=O)C1.CCC1CC2(C1)NC(=O)NC2=O.CCC1CC2(CC(=O)NC2=O)C1.CC[C@H]1CC(=O)C1(Cl)Cl. The van der Waals surface area contributed by atoms with Crippen molar-refractivity contribution in [3.63, 3.8) is 0 Å². The third-order valence-electron chi connectivity index (χ3n) is 12.4. The molecule has 5 amide bonds. The zero-order valence-electron chi connectivity index (χ0n) is 35.1. The summed E-state index contributed by atoms with van der Waals surface area (Å²) < 4.78 is 4.20. The molecule has 0 aromatic heterocycles. The Balaban J connectivity index is 0.000000189. The molecule has 7 fully saturated rings. The Bertz CT molecular complexity index is 1510. The zero-order chi connectivity index (χ0) is 43.1. The summed E-state index contributed by atoms with van der Waals surface area (Å²) in [4.78, 5) is 75.5. The fraction of sp³-hybridized carbons (Fsp3) is 0.667. The first-order chi connectivity index (χ1) is 27.5. The molecule has 7 aliphatic rings. The van der Waals surface area contributed by atoms with Gasteiger partial charge in [-0.2, -0.15) is 0 Å². The van der Waals surface area contributed by atoms with Gasteiger partial charge < -0.3 is 10.1 Å². The van der Waals surface area contributed by atoms with Crippen molar-refractivity contribution < 1.29 is 38.3 Å². The number of alkyl halides is 2. The number of halogens is 2. The summed E-state index contributed by atoms with van der Waals surface area (Å²) in [6.45, 7) is 15.3. The van der Waals surface area contributed by atoms with E-state index in [1.165, 1.54) is 18.4 Å². The number of imide groups is 2. The number of hydrogen-bond acceptors (Lipinski definition) is 8. The van der Waals surface area contributed by atoms with Gasteiger partial charge in [0.15, 0.2) is 10.1 Å². The van der Waals surface area contributed by atoms with Crippen LogP contribution in [-0.2, 0) is 40.1 Å². The lowest BCUT2D eigenvalue weighted by Crippen LogP contribution is -2.56. The summed E-state index contributed by atoms with van der Waals surface area (Å²) in [5, 5.41) is 7.32. The van der Waals surface area contributed by atoms with Gasteiger partial charge in [-0.1, -0.05) is 120 Å². The number of ether oxygens (including phenoxy) is 1. The van der Waals surface area contributed by atoms with Gasteiger partial charge in [-0.25, -0.2) is 4.79 Å². The van der Waals surface area contributed by atoms with Gasteiger partial charge in [0.05, 0.1) is 18.6 Å². The van der Waals surface area contributed by atoms with Crippen LogP contribution in [0.3, 0.4) is 0 Å². The van der Waals surface area contributed by atoms with E-state index in [0.717, 1.165) is 82.5 Å². The highest BCUT2D eigenvalue weighted by Crippen LogP contribution is 2.51. The van der Waals surface area contributed by atoms with E-state index in [1.807, 2.05) is 37.3 Å². The average Bonchev–Trinajstić information content (AvgIpc) is 3.63. The van der Waals surface area contributed by atoms with Crippen LogP contribution in [0.1, 0.15) is 136 Å². The van der Waals surface area contributed by atoms with Crippen molar-refractivity contribution in [3.05, 3.63) is 48.6 Å². The molecule has 1 aromatic rings. The Hall–Kier alpha value is -3.41. The minimum absolute atomic E-state index is 0.0299. The number of hydrogen-bond donors (Lipinski definition) is 3. The highest BCUT2D eigenvalue weighted by Gasteiger charge is 2.55. The van der Waals surface area contributed by atoms with Crippen LogP contribution in [-0.4, -0.2) is 57.6 Å². The molecule has 2 aliphatic heterocycles. The highest BCUT2D eigenvalue weighted by atomic mass is 35.5. The Morgan fingerprint density at radius 1 is 0.690 bits per heavy atom. The van der Waals surface area contributed by atoms with E-state index < -0.39 is 9.87 Å². The van der Waals surface area contributed by atoms with Gasteiger partial charge in [-0.05, 0) is 61.3 Å². The molecule has 58 heavy (non-hydrogen) atoms. The minimum atomic E-state index is -1.05. The summed E-state index contributed by atoms with van der Waals surface area (Å²) in [6.07, 6.45) is 15.1. The van der Waals surface area contributed by atoms with Crippen LogP contribution < -0.4 is 16.0 Å². The normalized spacial score (nSPS) is 28.5. The number of carbonyl (C=O) groups is 7. The van der Waals surface area contributed by atoms with Gasteiger partial charge >= 0.3 is 6.03 Å². The van der Waals surface area contributed by atoms with Crippen LogP contribution in [0, 0.1) is 35.0 Å². The third kappa shape index (κ3) is 13.6. The van der Waals surface area contributed by atoms with E-state index in [-0.39, 0.29) is 40.9 Å². The second-order valence-corrected chi connectivity index (χ2v) is 18.2. The average molecular weight is 847 g/mol. The van der Waals surface area contributed by atoms with Crippen molar-refractivity contribution in [2.45, 2.75) is 147 Å². The second-order valence-electron chi connectivity index (χ2n) is 16.8. The minimum Gasteiger partial charge on any atom is -0.373 e. The Morgan fingerprint density at radius 2 is 1.21 bits per heavy atom. The molecule has 13 heteroatoms. The molecule has 0 radical (unpaired) electrons. The number of Topliss-reactive ketones (excluding diaryl/α,β-unsaturated/α-hetero) is 3. The van der Waals surface area contributed by atoms with Crippen molar-refractivity contribution in [1.29, 1.82) is 0 Å². The van der Waals surface area contributed by atoms with Crippen molar-refractivity contribution in [2.24, 2.45) is 35.0 Å². The van der Waals surface area contributed by atoms with Crippen molar-refractivity contribution in [3.8, 4) is 0 Å². The van der Waals surface area contributed by atoms with Crippen molar-refractivity contribution in [2.75, 3.05) is 6.61 Å². The van der Waals surface area contributed by atoms with Gasteiger partial charge in [-0.3, -0.25) is 39.4 Å². The summed E-state index contributed by atoms with van der Waals surface area (Å²) >= 11 is 11.3. The molecule has 2 spiro atoms. The first kappa shape index (κ1) is 49.0. The van der Waals surface area contributed by atoms with Gasteiger partial charge in [0.25, 0.3) is 5.91 Å². The van der Waals surface area contributed by atoms with Crippen LogP contribution in [0.4, 0.5) is 4.79 Å². The first-order valence-corrected chi connectivity index (χ1v) is 21.9. The van der Waals surface area contributed by atoms with Crippen LogP contribution in [0.25, 0.3) is 0 Å². The molecular weight excluding hydrogens is 781 g/mol. The number of carbonyl (C=O) groups excluding carboxylic acids is 7. The van der Waals surface area contributed by atoms with E-state index in [9.17, 15) is 33.6 Å².